The SMILES string of the molecule is O=C(c1nn(Cc2ccccc2)c2c1CN(C(=O)c1scc3c1OCCO3)CC2)N1CCOCC1. The number of amides is 2. The lowest BCUT2D eigenvalue weighted by Crippen LogP contribution is -2.42. The summed E-state index contributed by atoms with van der Waals surface area (Å²) in [7, 11) is 0. The molecule has 2 amide bonds. The zero-order chi connectivity index (χ0) is 23.8. The van der Waals surface area contributed by atoms with Crippen LogP contribution in [0.25, 0.3) is 0 Å². The average molecular weight is 495 g/mol. The monoisotopic (exact) mass is 494 g/mol. The summed E-state index contributed by atoms with van der Waals surface area (Å²) in [6.07, 6.45) is 0.627. The molecule has 1 fully saturated rings. The van der Waals surface area contributed by atoms with E-state index in [1.807, 2.05) is 28.3 Å². The standard InChI is InChI=1S/C25H26N4O5S/c30-24(27-8-10-32-11-9-27)21-18-15-28(25(31)23-22-20(16-35-23)33-12-13-34-22)7-6-19(18)29(26-21)14-17-4-2-1-3-5-17/h1-5,16H,6-15H2. The van der Waals surface area contributed by atoms with Crippen molar-refractivity contribution in [2.24, 2.45) is 0 Å². The summed E-state index contributed by atoms with van der Waals surface area (Å²) in [4.78, 5) is 31.1. The maximum absolute atomic E-state index is 13.5. The molecule has 0 spiro atoms. The minimum absolute atomic E-state index is 0.101. The van der Waals surface area contributed by atoms with E-state index in [4.69, 9.17) is 19.3 Å². The van der Waals surface area contributed by atoms with Crippen molar-refractivity contribution in [1.29, 1.82) is 0 Å². The van der Waals surface area contributed by atoms with Crippen LogP contribution in [-0.4, -0.2) is 77.5 Å². The number of nitrogens with zero attached hydrogens (tertiary/aromatic N) is 4. The molecule has 3 aliphatic heterocycles. The van der Waals surface area contributed by atoms with E-state index in [0.29, 0.717) is 87.6 Å². The van der Waals surface area contributed by atoms with Crippen molar-refractivity contribution < 1.29 is 23.8 Å². The molecule has 182 valence electrons. The molecule has 0 saturated carbocycles. The minimum Gasteiger partial charge on any atom is -0.485 e. The zero-order valence-corrected chi connectivity index (χ0v) is 20.1. The predicted octanol–water partition coefficient (Wildman–Crippen LogP) is 2.44. The summed E-state index contributed by atoms with van der Waals surface area (Å²) in [6, 6.07) is 10.1. The van der Waals surface area contributed by atoms with Crippen LogP contribution in [0.3, 0.4) is 0 Å². The van der Waals surface area contributed by atoms with E-state index >= 15 is 0 Å². The van der Waals surface area contributed by atoms with Crippen LogP contribution in [0, 0.1) is 0 Å². The third kappa shape index (κ3) is 4.17. The van der Waals surface area contributed by atoms with Gasteiger partial charge in [-0.05, 0) is 5.56 Å². The first kappa shape index (κ1) is 22.1. The maximum Gasteiger partial charge on any atom is 0.274 e. The normalized spacial score (nSPS) is 17.3. The molecular weight excluding hydrogens is 468 g/mol. The Labute approximate surface area is 206 Å². The highest BCUT2D eigenvalue weighted by atomic mass is 32.1. The fraction of sp³-hybridized carbons (Fsp3) is 0.400. The van der Waals surface area contributed by atoms with Gasteiger partial charge in [-0.1, -0.05) is 30.3 Å². The van der Waals surface area contributed by atoms with Gasteiger partial charge in [-0.25, -0.2) is 0 Å². The van der Waals surface area contributed by atoms with Gasteiger partial charge in [-0.15, -0.1) is 11.3 Å². The number of thiophene rings is 1. The molecule has 0 bridgehead atoms. The maximum atomic E-state index is 13.5. The number of morpholine rings is 1. The smallest absolute Gasteiger partial charge is 0.274 e. The Morgan fingerprint density at radius 3 is 2.57 bits per heavy atom. The molecular formula is C25H26N4O5S. The second kappa shape index (κ2) is 9.35. The Kier molecular flexibility index (Phi) is 5.91. The van der Waals surface area contributed by atoms with Crippen molar-refractivity contribution >= 4 is 23.2 Å². The van der Waals surface area contributed by atoms with Gasteiger partial charge in [0.05, 0.1) is 26.3 Å². The molecule has 3 aliphatic rings. The van der Waals surface area contributed by atoms with E-state index in [1.54, 1.807) is 9.80 Å². The number of rotatable bonds is 4. The van der Waals surface area contributed by atoms with Gasteiger partial charge < -0.3 is 24.0 Å². The van der Waals surface area contributed by atoms with E-state index in [-0.39, 0.29) is 11.8 Å². The zero-order valence-electron chi connectivity index (χ0n) is 19.3. The first-order chi connectivity index (χ1) is 17.2. The summed E-state index contributed by atoms with van der Waals surface area (Å²) in [6.45, 7) is 4.51. The number of aromatic nitrogens is 2. The summed E-state index contributed by atoms with van der Waals surface area (Å²) in [5.41, 5.74) is 3.40. The molecule has 0 radical (unpaired) electrons. The van der Waals surface area contributed by atoms with Crippen molar-refractivity contribution in [2.75, 3.05) is 46.1 Å². The number of carbonyl (C=O) groups is 2. The van der Waals surface area contributed by atoms with Crippen molar-refractivity contribution in [1.82, 2.24) is 19.6 Å². The Hall–Kier alpha value is -3.37. The van der Waals surface area contributed by atoms with Crippen LogP contribution in [0.15, 0.2) is 35.7 Å². The van der Waals surface area contributed by atoms with Crippen LogP contribution in [-0.2, 0) is 24.2 Å². The number of hydrogen-bond acceptors (Lipinski definition) is 7. The van der Waals surface area contributed by atoms with E-state index in [1.165, 1.54) is 11.3 Å². The molecule has 0 N–H and O–H groups in total. The second-order valence-corrected chi connectivity index (χ2v) is 9.63. The Bertz CT molecular complexity index is 1250. The first-order valence-corrected chi connectivity index (χ1v) is 12.7. The lowest BCUT2D eigenvalue weighted by Gasteiger charge is -2.29. The van der Waals surface area contributed by atoms with Crippen LogP contribution >= 0.6 is 11.3 Å². The Morgan fingerprint density at radius 2 is 1.74 bits per heavy atom. The molecule has 35 heavy (non-hydrogen) atoms. The highest BCUT2D eigenvalue weighted by Crippen LogP contribution is 2.40. The van der Waals surface area contributed by atoms with E-state index in [0.717, 1.165) is 16.8 Å². The highest BCUT2D eigenvalue weighted by molar-refractivity contribution is 7.12. The number of hydrogen-bond donors (Lipinski definition) is 0. The largest absolute Gasteiger partial charge is 0.485 e. The van der Waals surface area contributed by atoms with Crippen molar-refractivity contribution in [3.05, 3.63) is 63.1 Å². The predicted molar refractivity (Wildman–Crippen MR) is 128 cm³/mol. The van der Waals surface area contributed by atoms with Crippen LogP contribution in [0.2, 0.25) is 0 Å². The van der Waals surface area contributed by atoms with Gasteiger partial charge >= 0.3 is 0 Å². The van der Waals surface area contributed by atoms with Crippen LogP contribution < -0.4 is 9.47 Å². The summed E-state index contributed by atoms with van der Waals surface area (Å²) < 4.78 is 18.7. The van der Waals surface area contributed by atoms with Crippen LogP contribution in [0.4, 0.5) is 0 Å². The summed E-state index contributed by atoms with van der Waals surface area (Å²) in [5, 5.41) is 6.62. The molecule has 3 aromatic rings. The second-order valence-electron chi connectivity index (χ2n) is 8.75. The number of benzene rings is 1. The van der Waals surface area contributed by atoms with Crippen molar-refractivity contribution in [3.8, 4) is 11.5 Å². The average Bonchev–Trinajstić information content (AvgIpc) is 3.50. The molecule has 10 heteroatoms. The molecule has 2 aromatic heterocycles. The van der Waals surface area contributed by atoms with E-state index < -0.39 is 0 Å². The molecule has 0 atom stereocenters. The van der Waals surface area contributed by atoms with Gasteiger partial charge in [0, 0.05) is 42.7 Å². The van der Waals surface area contributed by atoms with Gasteiger partial charge in [0.1, 0.15) is 18.1 Å². The molecule has 9 nitrogen and oxygen atoms in total. The van der Waals surface area contributed by atoms with Gasteiger partial charge in [0.25, 0.3) is 11.8 Å². The molecule has 6 rings (SSSR count). The van der Waals surface area contributed by atoms with E-state index in [9.17, 15) is 9.59 Å². The first-order valence-electron chi connectivity index (χ1n) is 11.8. The number of fused-ring (bicyclic) bond motifs is 2. The van der Waals surface area contributed by atoms with Crippen molar-refractivity contribution in [3.63, 3.8) is 0 Å². The van der Waals surface area contributed by atoms with Gasteiger partial charge in [0.2, 0.25) is 0 Å². The molecule has 5 heterocycles. The molecule has 0 aliphatic carbocycles. The lowest BCUT2D eigenvalue weighted by molar-refractivity contribution is 0.0296. The Morgan fingerprint density at radius 1 is 0.943 bits per heavy atom. The van der Waals surface area contributed by atoms with Gasteiger partial charge in [0.15, 0.2) is 17.2 Å². The third-order valence-corrected chi connectivity index (χ3v) is 7.52. The number of ether oxygens (including phenoxy) is 3. The lowest BCUT2D eigenvalue weighted by atomic mass is 10.0. The Balaban J connectivity index is 1.32. The summed E-state index contributed by atoms with van der Waals surface area (Å²) in [5.74, 6) is 0.950. The molecule has 1 saturated heterocycles. The fourth-order valence-electron chi connectivity index (χ4n) is 4.79. The van der Waals surface area contributed by atoms with Crippen LogP contribution in [0.1, 0.15) is 37.0 Å². The summed E-state index contributed by atoms with van der Waals surface area (Å²) >= 11 is 1.34. The quantitative estimate of drug-likeness (QED) is 0.554. The molecule has 0 unspecified atom stereocenters. The highest BCUT2D eigenvalue weighted by Gasteiger charge is 2.34. The minimum atomic E-state index is -0.104. The topological polar surface area (TPSA) is 86.1 Å². The number of carbonyl (C=O) groups excluding carboxylic acids is 2. The van der Waals surface area contributed by atoms with Gasteiger partial charge in [-0.2, -0.15) is 5.10 Å². The third-order valence-electron chi connectivity index (χ3n) is 6.59. The molecule has 1 aromatic carbocycles. The van der Waals surface area contributed by atoms with Crippen LogP contribution in [0.5, 0.6) is 11.5 Å². The fourth-order valence-corrected chi connectivity index (χ4v) is 5.69. The van der Waals surface area contributed by atoms with Gasteiger partial charge in [-0.3, -0.25) is 14.3 Å². The van der Waals surface area contributed by atoms with E-state index in [2.05, 4.69) is 12.1 Å². The van der Waals surface area contributed by atoms with Crippen molar-refractivity contribution in [2.45, 2.75) is 19.5 Å².